The summed E-state index contributed by atoms with van der Waals surface area (Å²) in [5.74, 6) is 0.198. The van der Waals surface area contributed by atoms with Gasteiger partial charge in [-0.05, 0) is 13.8 Å². The zero-order valence-corrected chi connectivity index (χ0v) is 6.59. The lowest BCUT2D eigenvalue weighted by molar-refractivity contribution is 0.0933. The van der Waals surface area contributed by atoms with E-state index < -0.39 is 0 Å². The maximum atomic E-state index is 11.1. The van der Waals surface area contributed by atoms with Gasteiger partial charge < -0.3 is 10.3 Å². The van der Waals surface area contributed by atoms with Crippen LogP contribution >= 0.6 is 0 Å². The molecule has 4 heteroatoms. The molecule has 0 unspecified atom stereocenters. The molecular weight excluding hydrogens is 142 g/mol. The molecule has 0 atom stereocenters. The Bertz CT molecular complexity index is 228. The molecule has 2 N–H and O–H groups in total. The number of hydrogen-bond acceptors (Lipinski definition) is 2. The molecule has 1 aromatic heterocycles. The Kier molecular flexibility index (Phi) is 2.25. The molecule has 1 rings (SSSR count). The molecular formula is C7H11N3O. The maximum Gasteiger partial charge on any atom is 0.287 e. The van der Waals surface area contributed by atoms with Gasteiger partial charge in [0.1, 0.15) is 0 Å². The van der Waals surface area contributed by atoms with Crippen LogP contribution in [-0.4, -0.2) is 21.9 Å². The SMILES string of the molecule is CC(C)NC(=O)c1ncc[nH]1. The third kappa shape index (κ3) is 2.07. The van der Waals surface area contributed by atoms with E-state index in [1.165, 1.54) is 0 Å². The van der Waals surface area contributed by atoms with Crippen LogP contribution in [0.15, 0.2) is 12.4 Å². The van der Waals surface area contributed by atoms with Crippen molar-refractivity contribution in [3.8, 4) is 0 Å². The first-order valence-corrected chi connectivity index (χ1v) is 3.50. The molecule has 1 amide bonds. The lowest BCUT2D eigenvalue weighted by Gasteiger charge is -2.04. The second-order valence-electron chi connectivity index (χ2n) is 2.57. The second kappa shape index (κ2) is 3.18. The fourth-order valence-electron chi connectivity index (χ4n) is 0.720. The average molecular weight is 153 g/mol. The molecule has 1 aromatic rings. The van der Waals surface area contributed by atoms with Gasteiger partial charge in [-0.25, -0.2) is 4.98 Å². The first-order valence-electron chi connectivity index (χ1n) is 3.50. The largest absolute Gasteiger partial charge is 0.347 e. The van der Waals surface area contributed by atoms with E-state index in [4.69, 9.17) is 0 Å². The zero-order chi connectivity index (χ0) is 8.27. The van der Waals surface area contributed by atoms with Gasteiger partial charge in [0.25, 0.3) is 5.91 Å². The molecule has 0 spiro atoms. The summed E-state index contributed by atoms with van der Waals surface area (Å²) in [5, 5.41) is 2.71. The minimum atomic E-state index is -0.162. The Labute approximate surface area is 65.0 Å². The highest BCUT2D eigenvalue weighted by Gasteiger charge is 2.07. The van der Waals surface area contributed by atoms with Crippen molar-refractivity contribution in [2.24, 2.45) is 0 Å². The van der Waals surface area contributed by atoms with Crippen molar-refractivity contribution in [1.82, 2.24) is 15.3 Å². The molecule has 0 aromatic carbocycles. The summed E-state index contributed by atoms with van der Waals surface area (Å²) in [4.78, 5) is 17.6. The van der Waals surface area contributed by atoms with Gasteiger partial charge in [-0.15, -0.1) is 0 Å². The van der Waals surface area contributed by atoms with Crippen LogP contribution in [0, 0.1) is 0 Å². The molecule has 0 aliphatic heterocycles. The normalized spacial score (nSPS) is 10.1. The van der Waals surface area contributed by atoms with E-state index in [2.05, 4.69) is 15.3 Å². The summed E-state index contributed by atoms with van der Waals surface area (Å²) in [5.41, 5.74) is 0. The number of amides is 1. The molecule has 11 heavy (non-hydrogen) atoms. The number of nitrogens with one attached hydrogen (secondary N) is 2. The number of aromatic amines is 1. The van der Waals surface area contributed by atoms with Crippen molar-refractivity contribution >= 4 is 5.91 Å². The quantitative estimate of drug-likeness (QED) is 0.651. The van der Waals surface area contributed by atoms with Crippen molar-refractivity contribution in [2.75, 3.05) is 0 Å². The first kappa shape index (κ1) is 7.78. The highest BCUT2D eigenvalue weighted by molar-refractivity contribution is 5.90. The van der Waals surface area contributed by atoms with Crippen molar-refractivity contribution in [3.63, 3.8) is 0 Å². The summed E-state index contributed by atoms with van der Waals surface area (Å²) in [7, 11) is 0. The van der Waals surface area contributed by atoms with Gasteiger partial charge in [-0.3, -0.25) is 4.79 Å². The van der Waals surface area contributed by atoms with E-state index in [9.17, 15) is 4.79 Å². The van der Waals surface area contributed by atoms with Gasteiger partial charge in [-0.1, -0.05) is 0 Å². The van der Waals surface area contributed by atoms with E-state index in [1.807, 2.05) is 13.8 Å². The number of rotatable bonds is 2. The monoisotopic (exact) mass is 153 g/mol. The predicted molar refractivity (Wildman–Crippen MR) is 41.2 cm³/mol. The van der Waals surface area contributed by atoms with Crippen molar-refractivity contribution in [1.29, 1.82) is 0 Å². The summed E-state index contributed by atoms with van der Waals surface area (Å²) in [6, 6.07) is 0.146. The van der Waals surface area contributed by atoms with E-state index >= 15 is 0 Å². The number of imidazole rings is 1. The maximum absolute atomic E-state index is 11.1. The third-order valence-electron chi connectivity index (χ3n) is 1.13. The zero-order valence-electron chi connectivity index (χ0n) is 6.59. The van der Waals surface area contributed by atoms with Crippen LogP contribution in [0.2, 0.25) is 0 Å². The Morgan fingerprint density at radius 2 is 2.45 bits per heavy atom. The summed E-state index contributed by atoms with van der Waals surface area (Å²) >= 11 is 0. The molecule has 0 radical (unpaired) electrons. The lowest BCUT2D eigenvalue weighted by Crippen LogP contribution is -2.30. The summed E-state index contributed by atoms with van der Waals surface area (Å²) in [6.07, 6.45) is 3.17. The Morgan fingerprint density at radius 1 is 1.73 bits per heavy atom. The van der Waals surface area contributed by atoms with Crippen molar-refractivity contribution < 1.29 is 4.79 Å². The minimum Gasteiger partial charge on any atom is -0.347 e. The Hall–Kier alpha value is -1.32. The van der Waals surface area contributed by atoms with E-state index in [0.717, 1.165) is 0 Å². The standard InChI is InChI=1S/C7H11N3O/c1-5(2)10-7(11)6-8-3-4-9-6/h3-5H,1-2H3,(H,8,9)(H,10,11). The van der Waals surface area contributed by atoms with Gasteiger partial charge in [0, 0.05) is 18.4 Å². The van der Waals surface area contributed by atoms with E-state index in [0.29, 0.717) is 5.82 Å². The molecule has 60 valence electrons. The number of carbonyl (C=O) groups excluding carboxylic acids is 1. The van der Waals surface area contributed by atoms with Crippen molar-refractivity contribution in [2.45, 2.75) is 19.9 Å². The molecule has 0 aliphatic rings. The van der Waals surface area contributed by atoms with Crippen molar-refractivity contribution in [3.05, 3.63) is 18.2 Å². The second-order valence-corrected chi connectivity index (χ2v) is 2.57. The Morgan fingerprint density at radius 3 is 2.91 bits per heavy atom. The number of hydrogen-bond donors (Lipinski definition) is 2. The highest BCUT2D eigenvalue weighted by atomic mass is 16.2. The molecule has 4 nitrogen and oxygen atoms in total. The van der Waals surface area contributed by atoms with Crippen LogP contribution in [0.25, 0.3) is 0 Å². The lowest BCUT2D eigenvalue weighted by atomic mass is 10.4. The smallest absolute Gasteiger partial charge is 0.287 e. The number of H-pyrrole nitrogens is 1. The summed E-state index contributed by atoms with van der Waals surface area (Å²) < 4.78 is 0. The van der Waals surface area contributed by atoms with Crippen LogP contribution in [0.3, 0.4) is 0 Å². The molecule has 0 aliphatic carbocycles. The molecule has 0 saturated carbocycles. The number of nitrogens with zero attached hydrogens (tertiary/aromatic N) is 1. The van der Waals surface area contributed by atoms with Crippen LogP contribution in [-0.2, 0) is 0 Å². The molecule has 0 fully saturated rings. The van der Waals surface area contributed by atoms with E-state index in [-0.39, 0.29) is 11.9 Å². The number of carbonyl (C=O) groups is 1. The topological polar surface area (TPSA) is 57.8 Å². The number of aromatic nitrogens is 2. The van der Waals surface area contributed by atoms with Gasteiger partial charge in [0.2, 0.25) is 0 Å². The van der Waals surface area contributed by atoms with Crippen LogP contribution < -0.4 is 5.32 Å². The first-order chi connectivity index (χ1) is 5.20. The van der Waals surface area contributed by atoms with E-state index in [1.54, 1.807) is 12.4 Å². The summed E-state index contributed by atoms with van der Waals surface area (Å²) in [6.45, 7) is 3.81. The molecule has 1 heterocycles. The Balaban J connectivity index is 2.57. The highest BCUT2D eigenvalue weighted by Crippen LogP contribution is 1.88. The minimum absolute atomic E-state index is 0.146. The molecule has 0 saturated heterocycles. The van der Waals surface area contributed by atoms with Gasteiger partial charge >= 0.3 is 0 Å². The van der Waals surface area contributed by atoms with Crippen LogP contribution in [0.4, 0.5) is 0 Å². The van der Waals surface area contributed by atoms with Crippen LogP contribution in [0.1, 0.15) is 24.5 Å². The fraction of sp³-hybridized carbons (Fsp3) is 0.429. The van der Waals surface area contributed by atoms with Gasteiger partial charge in [-0.2, -0.15) is 0 Å². The van der Waals surface area contributed by atoms with Gasteiger partial charge in [0.05, 0.1) is 0 Å². The third-order valence-corrected chi connectivity index (χ3v) is 1.13. The van der Waals surface area contributed by atoms with Gasteiger partial charge in [0.15, 0.2) is 5.82 Å². The fourth-order valence-corrected chi connectivity index (χ4v) is 0.720. The predicted octanol–water partition coefficient (Wildman–Crippen LogP) is 0.548. The molecule has 0 bridgehead atoms. The van der Waals surface area contributed by atoms with Crippen LogP contribution in [0.5, 0.6) is 0 Å². The average Bonchev–Trinajstić information content (AvgIpc) is 2.35.